The first-order chi connectivity index (χ1) is 14.1. The van der Waals surface area contributed by atoms with Crippen LogP contribution >= 0.6 is 0 Å². The van der Waals surface area contributed by atoms with Gasteiger partial charge in [0.25, 0.3) is 5.91 Å². The van der Waals surface area contributed by atoms with E-state index in [1.807, 2.05) is 19.2 Å². The van der Waals surface area contributed by atoms with Gasteiger partial charge in [0, 0.05) is 25.4 Å². The number of nitrogens with one attached hydrogen (secondary N) is 2. The summed E-state index contributed by atoms with van der Waals surface area (Å²) in [5.41, 5.74) is 1.02. The van der Waals surface area contributed by atoms with Gasteiger partial charge in [-0.25, -0.2) is 4.68 Å². The quantitative estimate of drug-likeness (QED) is 0.483. The molecule has 0 spiro atoms. The molecule has 3 heterocycles. The summed E-state index contributed by atoms with van der Waals surface area (Å²) in [7, 11) is 0. The Morgan fingerprint density at radius 1 is 1.10 bits per heavy atom. The number of aryl methyl sites for hydroxylation is 1. The van der Waals surface area contributed by atoms with Crippen LogP contribution in [0.15, 0.2) is 63.9 Å². The van der Waals surface area contributed by atoms with Crippen molar-refractivity contribution < 1.29 is 9.21 Å². The molecule has 0 aliphatic carbocycles. The van der Waals surface area contributed by atoms with Crippen molar-refractivity contribution in [3.63, 3.8) is 0 Å². The van der Waals surface area contributed by atoms with Crippen LogP contribution in [0.25, 0.3) is 16.8 Å². The van der Waals surface area contributed by atoms with Crippen molar-refractivity contribution in [1.82, 2.24) is 25.3 Å². The molecule has 4 aromatic rings. The average Bonchev–Trinajstić information content (AvgIpc) is 3.18. The van der Waals surface area contributed by atoms with Crippen LogP contribution in [0.2, 0.25) is 0 Å². The van der Waals surface area contributed by atoms with E-state index in [-0.39, 0.29) is 11.2 Å². The molecule has 0 aliphatic rings. The number of hydrogen-bond acceptors (Lipinski definition) is 7. The zero-order chi connectivity index (χ0) is 20.2. The molecule has 2 N–H and O–H groups in total. The second-order valence-corrected chi connectivity index (χ2v) is 6.33. The number of rotatable bonds is 6. The third-order valence-electron chi connectivity index (χ3n) is 4.18. The molecule has 9 heteroatoms. The normalized spacial score (nSPS) is 10.8. The Morgan fingerprint density at radius 3 is 2.72 bits per heavy atom. The summed E-state index contributed by atoms with van der Waals surface area (Å²) < 4.78 is 7.16. The molecule has 1 aromatic carbocycles. The number of carbonyl (C=O) groups is 1. The summed E-state index contributed by atoms with van der Waals surface area (Å²) in [6.45, 7) is 2.65. The van der Waals surface area contributed by atoms with Gasteiger partial charge in [0.2, 0.25) is 0 Å². The van der Waals surface area contributed by atoms with Gasteiger partial charge in [-0.2, -0.15) is 5.10 Å². The Kier molecular flexibility index (Phi) is 5.02. The highest BCUT2D eigenvalue weighted by molar-refractivity contribution is 5.93. The molecular weight excluding hydrogens is 372 g/mol. The number of anilines is 1. The van der Waals surface area contributed by atoms with Crippen LogP contribution < -0.4 is 16.1 Å². The standard InChI is InChI=1S/C20H18N6O3/c1-13-8-11-26(25-13)19-7-6-18(23-24-19)21-9-10-22-20(28)17-12-15(27)14-4-2-3-5-16(14)29-17/h2-8,11-12H,9-10H2,1H3,(H,21,23)(H,22,28). The molecular formula is C20H18N6O3. The number of aromatic nitrogens is 4. The molecule has 146 valence electrons. The highest BCUT2D eigenvalue weighted by atomic mass is 16.3. The fourth-order valence-electron chi connectivity index (χ4n) is 2.75. The fraction of sp³-hybridized carbons (Fsp3) is 0.150. The summed E-state index contributed by atoms with van der Waals surface area (Å²) in [4.78, 5) is 24.3. The van der Waals surface area contributed by atoms with Crippen molar-refractivity contribution in [3.05, 3.63) is 76.4 Å². The second kappa shape index (κ2) is 7.93. The van der Waals surface area contributed by atoms with Gasteiger partial charge in [-0.05, 0) is 37.3 Å². The molecule has 0 bridgehead atoms. The van der Waals surface area contributed by atoms with E-state index in [1.165, 1.54) is 6.07 Å². The first kappa shape index (κ1) is 18.4. The van der Waals surface area contributed by atoms with Crippen LogP contribution in [-0.2, 0) is 0 Å². The Balaban J connectivity index is 1.31. The maximum Gasteiger partial charge on any atom is 0.287 e. The highest BCUT2D eigenvalue weighted by Crippen LogP contribution is 2.11. The van der Waals surface area contributed by atoms with Gasteiger partial charge in [-0.3, -0.25) is 9.59 Å². The number of amides is 1. The maximum absolute atomic E-state index is 12.2. The van der Waals surface area contributed by atoms with E-state index < -0.39 is 5.91 Å². The van der Waals surface area contributed by atoms with Crippen molar-refractivity contribution in [2.75, 3.05) is 18.4 Å². The van der Waals surface area contributed by atoms with E-state index >= 15 is 0 Å². The minimum absolute atomic E-state index is 0.0210. The summed E-state index contributed by atoms with van der Waals surface area (Å²) in [6, 6.07) is 13.5. The van der Waals surface area contributed by atoms with E-state index in [4.69, 9.17) is 4.42 Å². The third-order valence-corrected chi connectivity index (χ3v) is 4.18. The summed E-state index contributed by atoms with van der Waals surface area (Å²) in [5.74, 6) is 0.713. The molecule has 0 aliphatic heterocycles. The van der Waals surface area contributed by atoms with E-state index in [9.17, 15) is 9.59 Å². The largest absolute Gasteiger partial charge is 0.451 e. The molecule has 3 aromatic heterocycles. The predicted molar refractivity (Wildman–Crippen MR) is 107 cm³/mol. The van der Waals surface area contributed by atoms with Gasteiger partial charge >= 0.3 is 0 Å². The number of carbonyl (C=O) groups excluding carboxylic acids is 1. The molecule has 4 rings (SSSR count). The Morgan fingerprint density at radius 2 is 1.97 bits per heavy atom. The summed E-state index contributed by atoms with van der Waals surface area (Å²) >= 11 is 0. The van der Waals surface area contributed by atoms with Gasteiger partial charge in [0.05, 0.1) is 11.1 Å². The van der Waals surface area contributed by atoms with Gasteiger partial charge in [0.15, 0.2) is 17.0 Å². The van der Waals surface area contributed by atoms with Crippen molar-refractivity contribution in [3.8, 4) is 5.82 Å². The molecule has 9 nitrogen and oxygen atoms in total. The van der Waals surface area contributed by atoms with Crippen LogP contribution in [0.3, 0.4) is 0 Å². The lowest BCUT2D eigenvalue weighted by molar-refractivity contribution is 0.0928. The van der Waals surface area contributed by atoms with E-state index in [2.05, 4.69) is 25.9 Å². The van der Waals surface area contributed by atoms with Crippen LogP contribution in [0, 0.1) is 6.92 Å². The first-order valence-corrected chi connectivity index (χ1v) is 9.01. The van der Waals surface area contributed by atoms with Crippen molar-refractivity contribution in [2.24, 2.45) is 0 Å². The summed E-state index contributed by atoms with van der Waals surface area (Å²) in [6.07, 6.45) is 1.81. The SMILES string of the molecule is Cc1ccn(-c2ccc(NCCNC(=O)c3cc(=O)c4ccccc4o3)nn2)n1. The topological polar surface area (TPSA) is 115 Å². The fourth-order valence-corrected chi connectivity index (χ4v) is 2.75. The molecule has 0 fully saturated rings. The minimum atomic E-state index is -0.454. The lowest BCUT2D eigenvalue weighted by Gasteiger charge is -2.07. The predicted octanol–water partition coefficient (Wildman–Crippen LogP) is 1.92. The van der Waals surface area contributed by atoms with Crippen molar-refractivity contribution in [1.29, 1.82) is 0 Å². The Bertz CT molecular complexity index is 1210. The van der Waals surface area contributed by atoms with Crippen LogP contribution in [0.4, 0.5) is 5.82 Å². The number of nitrogens with zero attached hydrogens (tertiary/aromatic N) is 4. The number of fused-ring (bicyclic) bond motifs is 1. The number of para-hydroxylation sites is 1. The second-order valence-electron chi connectivity index (χ2n) is 6.33. The van der Waals surface area contributed by atoms with Gasteiger partial charge in [-0.15, -0.1) is 10.2 Å². The monoisotopic (exact) mass is 390 g/mol. The van der Waals surface area contributed by atoms with E-state index in [0.29, 0.717) is 35.7 Å². The smallest absolute Gasteiger partial charge is 0.287 e. The Hall–Kier alpha value is -4.01. The zero-order valence-electron chi connectivity index (χ0n) is 15.6. The highest BCUT2D eigenvalue weighted by Gasteiger charge is 2.11. The molecule has 0 unspecified atom stereocenters. The summed E-state index contributed by atoms with van der Waals surface area (Å²) in [5, 5.41) is 18.7. The van der Waals surface area contributed by atoms with E-state index in [1.54, 1.807) is 41.1 Å². The lowest BCUT2D eigenvalue weighted by atomic mass is 10.2. The van der Waals surface area contributed by atoms with Gasteiger partial charge in [-0.1, -0.05) is 12.1 Å². The molecule has 1 amide bonds. The van der Waals surface area contributed by atoms with Crippen LogP contribution in [-0.4, -0.2) is 39.0 Å². The van der Waals surface area contributed by atoms with E-state index in [0.717, 1.165) is 5.69 Å². The lowest BCUT2D eigenvalue weighted by Crippen LogP contribution is -2.29. The molecule has 0 saturated heterocycles. The third kappa shape index (κ3) is 4.13. The van der Waals surface area contributed by atoms with Gasteiger partial charge in [0.1, 0.15) is 11.4 Å². The molecule has 29 heavy (non-hydrogen) atoms. The maximum atomic E-state index is 12.2. The van der Waals surface area contributed by atoms with Crippen LogP contribution in [0.1, 0.15) is 16.2 Å². The van der Waals surface area contributed by atoms with Crippen molar-refractivity contribution >= 4 is 22.7 Å². The van der Waals surface area contributed by atoms with Crippen molar-refractivity contribution in [2.45, 2.75) is 6.92 Å². The molecule has 0 atom stereocenters. The van der Waals surface area contributed by atoms with Gasteiger partial charge < -0.3 is 15.1 Å². The Labute approximate surface area is 165 Å². The van der Waals surface area contributed by atoms with Crippen LogP contribution in [0.5, 0.6) is 0 Å². The average molecular weight is 390 g/mol. The zero-order valence-corrected chi connectivity index (χ0v) is 15.6. The first-order valence-electron chi connectivity index (χ1n) is 9.01. The number of hydrogen-bond donors (Lipinski definition) is 2. The molecule has 0 saturated carbocycles. The number of benzene rings is 1. The molecule has 0 radical (unpaired) electrons. The minimum Gasteiger partial charge on any atom is -0.451 e.